The van der Waals surface area contributed by atoms with E-state index in [0.29, 0.717) is 5.95 Å². The van der Waals surface area contributed by atoms with Gasteiger partial charge in [0.15, 0.2) is 0 Å². The number of nitrogens with one attached hydrogen (secondary N) is 1. The summed E-state index contributed by atoms with van der Waals surface area (Å²) in [5.74, 6) is 1.11. The Morgan fingerprint density at radius 2 is 2.00 bits per heavy atom. The van der Waals surface area contributed by atoms with Crippen molar-refractivity contribution in [2.75, 3.05) is 12.4 Å². The lowest BCUT2D eigenvalue weighted by Gasteiger charge is -2.07. The first-order valence-electron chi connectivity index (χ1n) is 6.13. The first-order valence-corrected chi connectivity index (χ1v) is 6.51. The number of halogens is 1. The molecule has 0 bridgehead atoms. The highest BCUT2D eigenvalue weighted by molar-refractivity contribution is 6.28. The molecule has 1 N–H and O–H groups in total. The summed E-state index contributed by atoms with van der Waals surface area (Å²) in [6.45, 7) is 0. The van der Waals surface area contributed by atoms with Crippen molar-refractivity contribution in [1.29, 1.82) is 0 Å². The second-order valence-electron chi connectivity index (χ2n) is 4.35. The number of fused-ring (bicyclic) bond motifs is 1. The molecule has 1 heterocycles. The molecule has 0 unspecified atom stereocenters. The van der Waals surface area contributed by atoms with Gasteiger partial charge in [-0.05, 0) is 54.1 Å². The average Bonchev–Trinajstić information content (AvgIpc) is 2.85. The first-order chi connectivity index (χ1) is 9.24. The molecule has 3 rings (SSSR count). The van der Waals surface area contributed by atoms with Gasteiger partial charge < -0.3 is 10.1 Å². The van der Waals surface area contributed by atoms with Crippen molar-refractivity contribution >= 4 is 17.5 Å². The van der Waals surface area contributed by atoms with E-state index >= 15 is 0 Å². The van der Waals surface area contributed by atoms with Gasteiger partial charge in [-0.25, -0.2) is 0 Å². The van der Waals surface area contributed by atoms with E-state index < -0.39 is 0 Å². The Morgan fingerprint density at radius 1 is 1.16 bits per heavy atom. The monoisotopic (exact) mass is 276 g/mol. The molecule has 0 spiro atoms. The zero-order valence-corrected chi connectivity index (χ0v) is 11.2. The molecule has 0 atom stereocenters. The molecule has 0 amide bonds. The average molecular weight is 277 g/mol. The van der Waals surface area contributed by atoms with Crippen LogP contribution in [-0.4, -0.2) is 22.0 Å². The first kappa shape index (κ1) is 12.2. The smallest absolute Gasteiger partial charge is 0.328 e. The van der Waals surface area contributed by atoms with Crippen LogP contribution in [0.5, 0.6) is 11.8 Å². The minimum absolute atomic E-state index is 0.107. The van der Waals surface area contributed by atoms with Crippen LogP contribution in [0.1, 0.15) is 17.5 Å². The van der Waals surface area contributed by atoms with Gasteiger partial charge in [0.25, 0.3) is 0 Å². The van der Waals surface area contributed by atoms with Crippen molar-refractivity contribution in [3.05, 3.63) is 34.6 Å². The van der Waals surface area contributed by atoms with Crippen LogP contribution in [0.25, 0.3) is 0 Å². The summed E-state index contributed by atoms with van der Waals surface area (Å²) in [5.41, 5.74) is 2.74. The minimum atomic E-state index is 0.107. The Morgan fingerprint density at radius 3 is 2.84 bits per heavy atom. The number of aryl methyl sites for hydroxylation is 2. The van der Waals surface area contributed by atoms with Gasteiger partial charge in [0.2, 0.25) is 11.2 Å². The fourth-order valence-corrected chi connectivity index (χ4v) is 2.36. The highest BCUT2D eigenvalue weighted by atomic mass is 35.5. The molecule has 5 nitrogen and oxygen atoms in total. The Labute approximate surface area is 116 Å². The largest absolute Gasteiger partial charge is 0.424 e. The van der Waals surface area contributed by atoms with Gasteiger partial charge >= 0.3 is 6.01 Å². The lowest BCUT2D eigenvalue weighted by Crippen LogP contribution is -2.01. The number of hydrogen-bond acceptors (Lipinski definition) is 5. The summed E-state index contributed by atoms with van der Waals surface area (Å²) in [6, 6.07) is 6.27. The van der Waals surface area contributed by atoms with Crippen molar-refractivity contribution in [3.8, 4) is 11.8 Å². The third-order valence-electron chi connectivity index (χ3n) is 3.09. The normalized spacial score (nSPS) is 13.2. The van der Waals surface area contributed by atoms with Crippen molar-refractivity contribution < 1.29 is 4.74 Å². The van der Waals surface area contributed by atoms with Gasteiger partial charge in [0.1, 0.15) is 5.75 Å². The molecule has 1 aromatic heterocycles. The molecular weight excluding hydrogens is 264 g/mol. The summed E-state index contributed by atoms with van der Waals surface area (Å²) in [5, 5.41) is 2.92. The van der Waals surface area contributed by atoms with Crippen LogP contribution in [0.2, 0.25) is 5.28 Å². The maximum atomic E-state index is 5.81. The van der Waals surface area contributed by atoms with E-state index in [1.165, 1.54) is 17.5 Å². The van der Waals surface area contributed by atoms with Crippen LogP contribution >= 0.6 is 11.6 Å². The van der Waals surface area contributed by atoms with E-state index in [4.69, 9.17) is 16.3 Å². The van der Waals surface area contributed by atoms with Crippen LogP contribution in [0.3, 0.4) is 0 Å². The molecule has 0 radical (unpaired) electrons. The van der Waals surface area contributed by atoms with E-state index in [1.54, 1.807) is 7.05 Å². The van der Waals surface area contributed by atoms with E-state index in [9.17, 15) is 0 Å². The number of benzene rings is 1. The maximum Gasteiger partial charge on any atom is 0.328 e. The van der Waals surface area contributed by atoms with Crippen molar-refractivity contribution in [3.63, 3.8) is 0 Å². The van der Waals surface area contributed by atoms with Crippen LogP contribution in [-0.2, 0) is 12.8 Å². The Hall–Kier alpha value is -1.88. The quantitative estimate of drug-likeness (QED) is 0.934. The summed E-state index contributed by atoms with van der Waals surface area (Å²) in [7, 11) is 1.71. The van der Waals surface area contributed by atoms with Crippen molar-refractivity contribution in [1.82, 2.24) is 15.0 Å². The zero-order valence-electron chi connectivity index (χ0n) is 10.5. The SMILES string of the molecule is CNc1nc(Cl)nc(Oc2ccc3c(c2)CCC3)n1. The second-order valence-corrected chi connectivity index (χ2v) is 4.68. The van der Waals surface area contributed by atoms with Gasteiger partial charge in [-0.2, -0.15) is 15.0 Å². The number of rotatable bonds is 3. The lowest BCUT2D eigenvalue weighted by molar-refractivity contribution is 0.440. The molecule has 2 aromatic rings. The van der Waals surface area contributed by atoms with Gasteiger partial charge in [0.05, 0.1) is 0 Å². The zero-order chi connectivity index (χ0) is 13.2. The van der Waals surface area contributed by atoms with Crippen molar-refractivity contribution in [2.45, 2.75) is 19.3 Å². The molecule has 1 aliphatic carbocycles. The standard InChI is InChI=1S/C13H13ClN4O/c1-15-12-16-11(14)17-13(18-12)19-10-6-5-8-3-2-4-9(8)7-10/h5-7H,2-4H2,1H3,(H,15,16,17,18). The van der Waals surface area contributed by atoms with Gasteiger partial charge in [-0.1, -0.05) is 6.07 Å². The topological polar surface area (TPSA) is 59.9 Å². The van der Waals surface area contributed by atoms with Gasteiger partial charge in [0, 0.05) is 7.05 Å². The predicted molar refractivity (Wildman–Crippen MR) is 72.9 cm³/mol. The van der Waals surface area contributed by atoms with Crippen LogP contribution in [0, 0.1) is 0 Å². The molecule has 1 aliphatic rings. The van der Waals surface area contributed by atoms with E-state index in [0.717, 1.165) is 18.6 Å². The summed E-state index contributed by atoms with van der Waals surface area (Å²) >= 11 is 5.81. The maximum absolute atomic E-state index is 5.81. The number of hydrogen-bond donors (Lipinski definition) is 1. The Kier molecular flexibility index (Phi) is 3.21. The number of nitrogens with zero attached hydrogens (tertiary/aromatic N) is 3. The molecule has 1 aromatic carbocycles. The third kappa shape index (κ3) is 2.61. The number of ether oxygens (including phenoxy) is 1. The predicted octanol–water partition coefficient (Wildman–Crippen LogP) is 2.85. The molecule has 0 saturated heterocycles. The van der Waals surface area contributed by atoms with E-state index in [2.05, 4.69) is 26.3 Å². The van der Waals surface area contributed by atoms with Gasteiger partial charge in [-0.15, -0.1) is 0 Å². The molecule has 19 heavy (non-hydrogen) atoms. The summed E-state index contributed by atoms with van der Waals surface area (Å²) in [4.78, 5) is 12.0. The minimum Gasteiger partial charge on any atom is -0.424 e. The number of anilines is 1. The summed E-state index contributed by atoms with van der Waals surface area (Å²) in [6.07, 6.45) is 3.46. The second kappa shape index (κ2) is 5.01. The lowest BCUT2D eigenvalue weighted by atomic mass is 10.1. The Bertz CT molecular complexity index is 618. The van der Waals surface area contributed by atoms with Crippen LogP contribution in [0.4, 0.5) is 5.95 Å². The highest BCUT2D eigenvalue weighted by Gasteiger charge is 2.12. The third-order valence-corrected chi connectivity index (χ3v) is 3.26. The molecule has 0 fully saturated rings. The van der Waals surface area contributed by atoms with Crippen LogP contribution < -0.4 is 10.1 Å². The molecular formula is C13H13ClN4O. The molecule has 98 valence electrons. The van der Waals surface area contributed by atoms with E-state index in [-0.39, 0.29) is 11.3 Å². The van der Waals surface area contributed by atoms with Crippen LogP contribution in [0.15, 0.2) is 18.2 Å². The fourth-order valence-electron chi connectivity index (χ4n) is 2.21. The number of aromatic nitrogens is 3. The Balaban J connectivity index is 1.86. The molecule has 6 heteroatoms. The van der Waals surface area contributed by atoms with E-state index in [1.807, 2.05) is 12.1 Å². The molecule has 0 saturated carbocycles. The van der Waals surface area contributed by atoms with Gasteiger partial charge in [-0.3, -0.25) is 0 Å². The summed E-state index contributed by atoms with van der Waals surface area (Å²) < 4.78 is 5.64. The van der Waals surface area contributed by atoms with Crippen molar-refractivity contribution in [2.24, 2.45) is 0 Å². The molecule has 0 aliphatic heterocycles. The fraction of sp³-hybridized carbons (Fsp3) is 0.308. The highest BCUT2D eigenvalue weighted by Crippen LogP contribution is 2.28.